The molecule has 0 saturated heterocycles. The molecule has 0 aromatic heterocycles. The number of rotatable bonds is 8. The minimum Gasteiger partial charge on any atom is -0.377 e. The molecule has 0 fully saturated rings. The van der Waals surface area contributed by atoms with Crippen LogP contribution in [0, 0.1) is 0 Å². The Hall–Kier alpha value is -1.03. The molecule has 8 heteroatoms. The Bertz CT molecular complexity index is 496. The van der Waals surface area contributed by atoms with Crippen LogP contribution in [-0.2, 0) is 17.9 Å². The van der Waals surface area contributed by atoms with Crippen molar-refractivity contribution in [1.29, 1.82) is 0 Å². The Morgan fingerprint density at radius 2 is 1.83 bits per heavy atom. The highest BCUT2D eigenvalue weighted by Gasteiger charge is 2.26. The van der Waals surface area contributed by atoms with Crippen LogP contribution in [0.4, 0.5) is 13.2 Å². The maximum absolute atomic E-state index is 12.1. The molecule has 0 amide bonds. The third kappa shape index (κ3) is 9.96. The third-order valence-electron chi connectivity index (χ3n) is 3.10. The Labute approximate surface area is 158 Å². The second-order valence-corrected chi connectivity index (χ2v) is 5.04. The summed E-state index contributed by atoms with van der Waals surface area (Å²) in [5, 5.41) is 5.67. The van der Waals surface area contributed by atoms with Crippen LogP contribution in [0.2, 0.25) is 0 Å². The van der Waals surface area contributed by atoms with Crippen molar-refractivity contribution >= 4 is 29.9 Å². The Balaban J connectivity index is 0.00000529. The lowest BCUT2D eigenvalue weighted by Gasteiger charge is -2.15. The van der Waals surface area contributed by atoms with Crippen molar-refractivity contribution in [2.24, 2.45) is 4.99 Å². The molecule has 0 unspecified atom stereocenters. The van der Waals surface area contributed by atoms with Gasteiger partial charge in [-0.3, -0.25) is 4.99 Å². The van der Waals surface area contributed by atoms with Gasteiger partial charge in [-0.15, -0.1) is 24.0 Å². The van der Waals surface area contributed by atoms with E-state index in [1.807, 2.05) is 31.2 Å². The highest BCUT2D eigenvalue weighted by atomic mass is 127. The molecule has 1 aromatic carbocycles. The summed E-state index contributed by atoms with van der Waals surface area (Å²) in [4.78, 5) is 3.92. The number of benzene rings is 1. The van der Waals surface area contributed by atoms with Crippen LogP contribution in [0.3, 0.4) is 0 Å². The second kappa shape index (κ2) is 12.3. The summed E-state index contributed by atoms with van der Waals surface area (Å²) in [6.07, 6.45) is -4.11. The van der Waals surface area contributed by atoms with Crippen LogP contribution in [0.1, 0.15) is 30.9 Å². The highest BCUT2D eigenvalue weighted by Crippen LogP contribution is 2.18. The molecule has 0 aliphatic heterocycles. The number of alkyl halides is 3. The first-order valence-corrected chi connectivity index (χ1v) is 7.62. The lowest BCUT2D eigenvalue weighted by atomic mass is 10.1. The lowest BCUT2D eigenvalue weighted by molar-refractivity contribution is -0.132. The van der Waals surface area contributed by atoms with Gasteiger partial charge >= 0.3 is 6.18 Å². The SMILES string of the molecule is CCCOCc1ccccc1CNC(=NC)NCCC(F)(F)F.I. The molecular formula is C16H25F3IN3O. The molecule has 1 rings (SSSR count). The summed E-state index contributed by atoms with van der Waals surface area (Å²) in [5.41, 5.74) is 2.08. The average molecular weight is 459 g/mol. The van der Waals surface area contributed by atoms with E-state index in [2.05, 4.69) is 15.6 Å². The maximum atomic E-state index is 12.1. The molecule has 2 N–H and O–H groups in total. The number of halogens is 4. The number of guanidine groups is 1. The van der Waals surface area contributed by atoms with E-state index in [1.54, 1.807) is 0 Å². The number of aliphatic imine (C=N–C) groups is 1. The molecule has 4 nitrogen and oxygen atoms in total. The first kappa shape index (κ1) is 23.0. The molecule has 0 bridgehead atoms. The van der Waals surface area contributed by atoms with Crippen LogP contribution >= 0.6 is 24.0 Å². The monoisotopic (exact) mass is 459 g/mol. The van der Waals surface area contributed by atoms with E-state index in [0.717, 1.165) is 17.5 Å². The van der Waals surface area contributed by atoms with Gasteiger partial charge in [0.05, 0.1) is 13.0 Å². The van der Waals surface area contributed by atoms with Crippen LogP contribution in [0.15, 0.2) is 29.3 Å². The zero-order valence-corrected chi connectivity index (χ0v) is 16.3. The van der Waals surface area contributed by atoms with Crippen molar-refractivity contribution in [3.05, 3.63) is 35.4 Å². The Morgan fingerprint density at radius 3 is 2.42 bits per heavy atom. The Kier molecular flexibility index (Phi) is 11.8. The van der Waals surface area contributed by atoms with E-state index in [1.165, 1.54) is 7.05 Å². The Morgan fingerprint density at radius 1 is 1.17 bits per heavy atom. The topological polar surface area (TPSA) is 45.6 Å². The van der Waals surface area contributed by atoms with Gasteiger partial charge in [0.15, 0.2) is 5.96 Å². The second-order valence-electron chi connectivity index (χ2n) is 5.04. The molecule has 0 aliphatic rings. The fraction of sp³-hybridized carbons (Fsp3) is 0.562. The number of hydrogen-bond acceptors (Lipinski definition) is 2. The van der Waals surface area contributed by atoms with Crippen molar-refractivity contribution in [3.63, 3.8) is 0 Å². The summed E-state index contributed by atoms with van der Waals surface area (Å²) in [6, 6.07) is 7.79. The molecule has 0 radical (unpaired) electrons. The van der Waals surface area contributed by atoms with Gasteiger partial charge in [0.2, 0.25) is 0 Å². The molecule has 1 aromatic rings. The summed E-state index contributed by atoms with van der Waals surface area (Å²) >= 11 is 0. The zero-order valence-electron chi connectivity index (χ0n) is 13.9. The van der Waals surface area contributed by atoms with Gasteiger partial charge in [0.25, 0.3) is 0 Å². The minimum atomic E-state index is -4.17. The lowest BCUT2D eigenvalue weighted by Crippen LogP contribution is -2.38. The van der Waals surface area contributed by atoms with Crippen LogP contribution in [0.25, 0.3) is 0 Å². The first-order chi connectivity index (χ1) is 11.0. The molecule has 0 heterocycles. The van der Waals surface area contributed by atoms with Gasteiger partial charge in [-0.25, -0.2) is 0 Å². The third-order valence-corrected chi connectivity index (χ3v) is 3.10. The van der Waals surface area contributed by atoms with Gasteiger partial charge in [-0.1, -0.05) is 31.2 Å². The summed E-state index contributed by atoms with van der Waals surface area (Å²) < 4.78 is 42.0. The number of nitrogens with one attached hydrogen (secondary N) is 2. The van der Waals surface area contributed by atoms with Gasteiger partial charge in [-0.05, 0) is 17.5 Å². The predicted octanol–water partition coefficient (Wildman–Crippen LogP) is 3.85. The maximum Gasteiger partial charge on any atom is 0.390 e. The molecule has 0 aliphatic carbocycles. The smallest absolute Gasteiger partial charge is 0.377 e. The van der Waals surface area contributed by atoms with E-state index >= 15 is 0 Å². The van der Waals surface area contributed by atoms with Gasteiger partial charge < -0.3 is 15.4 Å². The largest absolute Gasteiger partial charge is 0.390 e. The summed E-state index contributed by atoms with van der Waals surface area (Å²) in [5.74, 6) is 0.346. The molecule has 24 heavy (non-hydrogen) atoms. The van der Waals surface area contributed by atoms with Gasteiger partial charge in [-0.2, -0.15) is 13.2 Å². The molecule has 138 valence electrons. The fourth-order valence-electron chi connectivity index (χ4n) is 1.92. The predicted molar refractivity (Wildman–Crippen MR) is 101 cm³/mol. The molecule has 0 saturated carbocycles. The highest BCUT2D eigenvalue weighted by molar-refractivity contribution is 14.0. The molecular weight excluding hydrogens is 434 g/mol. The minimum absolute atomic E-state index is 0. The number of nitrogens with zero attached hydrogens (tertiary/aromatic N) is 1. The summed E-state index contributed by atoms with van der Waals surface area (Å²) in [6.45, 7) is 3.53. The van der Waals surface area contributed by atoms with Crippen molar-refractivity contribution in [3.8, 4) is 0 Å². The fourth-order valence-corrected chi connectivity index (χ4v) is 1.92. The van der Waals surface area contributed by atoms with E-state index in [4.69, 9.17) is 4.74 Å². The van der Waals surface area contributed by atoms with Gasteiger partial charge in [0.1, 0.15) is 0 Å². The first-order valence-electron chi connectivity index (χ1n) is 7.62. The molecule has 0 atom stereocenters. The van der Waals surface area contributed by atoms with Crippen molar-refractivity contribution in [2.45, 2.75) is 39.1 Å². The van der Waals surface area contributed by atoms with E-state index < -0.39 is 12.6 Å². The molecule has 0 spiro atoms. The van der Waals surface area contributed by atoms with Crippen LogP contribution in [0.5, 0.6) is 0 Å². The quantitative estimate of drug-likeness (QED) is 0.269. The number of hydrogen-bond donors (Lipinski definition) is 2. The van der Waals surface area contributed by atoms with E-state index in [9.17, 15) is 13.2 Å². The van der Waals surface area contributed by atoms with Crippen molar-refractivity contribution < 1.29 is 17.9 Å². The van der Waals surface area contributed by atoms with Crippen molar-refractivity contribution in [2.75, 3.05) is 20.2 Å². The van der Waals surface area contributed by atoms with Crippen LogP contribution in [-0.4, -0.2) is 32.3 Å². The number of ether oxygens (including phenoxy) is 1. The van der Waals surface area contributed by atoms with Crippen LogP contribution < -0.4 is 10.6 Å². The summed E-state index contributed by atoms with van der Waals surface area (Å²) in [7, 11) is 1.53. The van der Waals surface area contributed by atoms with E-state index in [0.29, 0.717) is 25.7 Å². The van der Waals surface area contributed by atoms with Crippen molar-refractivity contribution in [1.82, 2.24) is 10.6 Å². The standard InChI is InChI=1S/C16H24F3N3O.HI/c1-3-10-23-12-14-7-5-4-6-13(14)11-22-15(20-2)21-9-8-16(17,18)19;/h4-7H,3,8-12H2,1-2H3,(H2,20,21,22);1H. The average Bonchev–Trinajstić information content (AvgIpc) is 2.51. The van der Waals surface area contributed by atoms with Gasteiger partial charge in [0, 0.05) is 26.7 Å². The normalized spacial score (nSPS) is 11.8. The van der Waals surface area contributed by atoms with E-state index in [-0.39, 0.29) is 30.5 Å². The zero-order chi connectivity index (χ0) is 17.1.